The molecule has 0 aliphatic rings. The third-order valence-electron chi connectivity index (χ3n) is 17.2. The average molecular weight is 1860 g/mol. The summed E-state index contributed by atoms with van der Waals surface area (Å²) >= 11 is 2.48. The number of pyridine rings is 2. The molecule has 2 unspecified atom stereocenters. The molecule has 113 heavy (non-hydrogen) atoms. The van der Waals surface area contributed by atoms with Crippen LogP contribution in [0.3, 0.4) is 0 Å². The minimum Gasteiger partial charge on any atom is -1.00 e. The lowest BCUT2D eigenvalue weighted by Crippen LogP contribution is -3.00. The van der Waals surface area contributed by atoms with Gasteiger partial charge < -0.3 is 104 Å². The first-order valence-corrected chi connectivity index (χ1v) is 35.5. The lowest BCUT2D eigenvalue weighted by molar-refractivity contribution is -0.753. The molecular formula is C75H80Cl2F4I2N16O12S2. The van der Waals surface area contributed by atoms with Crippen molar-refractivity contribution in [1.82, 2.24) is 44.4 Å². The number of hydrogen-bond donors (Lipinski definition) is 3. The first-order chi connectivity index (χ1) is 51.8. The van der Waals surface area contributed by atoms with Crippen LogP contribution in [0.2, 0.25) is 0 Å². The first-order valence-electron chi connectivity index (χ1n) is 33.8. The lowest BCUT2D eigenvalue weighted by Gasteiger charge is -2.32. The number of carbonyl (C=O) groups excluding carboxylic acids is 5. The van der Waals surface area contributed by atoms with E-state index in [1.807, 2.05) is 0 Å². The van der Waals surface area contributed by atoms with E-state index in [4.69, 9.17) is 44.2 Å². The standard InChI is InChI=1S/C40H43F2N8O7S.C35H35F2N8O5S.2ClH.2HI/c1-25(36-46-33(21-58-36)28-12-10-27(18-43)11-13-28)40(54,31-17-30(41)14-15-32(31)42)22-50-24-49(23-45-50)26(2)56-38(53)48(7)35-29(9-8-16-44-35)20-55-34(51)19-47(6)37(52)57-39(3,4)5;1-22(33-42-30(18-51-33)25-9-7-24(15-38)8-10-25)35(48,28-14-27(36)11-12-29(28)37)19-45-21-44(20-41-45)23(2)50-34(47)43(4)32-26(6-5-13-40-32)17-49-31(46)16-39-3;;;;/h8-17,21,23-26,54H,19-20,22H2,1-7H3;5-14,18,20-23,39,48H,16-17,19H2,1-4H3;4*1H/q2*+1;;;;/p-2/t25-,26?,40+;22-,23?,35+;;;;/m00..../s1. The molecule has 0 fully saturated rings. The molecule has 0 saturated carbocycles. The zero-order valence-electron chi connectivity index (χ0n) is 62.7. The minimum atomic E-state index is -2.07. The fraction of sp³-hybridized carbons (Fsp3) is 0.320. The van der Waals surface area contributed by atoms with Crippen LogP contribution in [0.1, 0.15) is 116 Å². The van der Waals surface area contributed by atoms with Gasteiger partial charge in [0.05, 0.1) is 51.7 Å². The summed E-state index contributed by atoms with van der Waals surface area (Å²) in [6.45, 7) is 10.4. The molecule has 0 saturated heterocycles. The van der Waals surface area contributed by atoms with Gasteiger partial charge in [0.15, 0.2) is 6.54 Å². The average Bonchev–Trinajstić information content (AvgIpc) is 1.76. The number of quaternary nitrogens is 1. The number of esters is 2. The highest BCUT2D eigenvalue weighted by Crippen LogP contribution is 2.44. The van der Waals surface area contributed by atoms with Gasteiger partial charge in [0.2, 0.25) is 25.1 Å². The van der Waals surface area contributed by atoms with Crippen molar-refractivity contribution in [1.29, 1.82) is 10.5 Å². The van der Waals surface area contributed by atoms with Crippen LogP contribution in [-0.4, -0.2) is 132 Å². The SMILES string of the molecule is CC(OC(=O)N(C)c1ncccc1COC(=O)CN(C)C(=O)OC(C)(C)C)[n+]1cnn(C[C@](O)(c2cc(F)ccc2F)[C@@H](C)c2nc(-c3ccc(C#N)cc3)cs2)c1.C[NH2+]CC(=O)OCc1cccnc1N(C)C(=O)OC(C)[n+]1cnn(C[C@](O)(c2cc(F)ccc2F)[C@@H](C)c2nc(-c3ccc(C#N)cc3)cs2)c1.Cl.[Cl-].[I-].[I-]. The number of hydrogen-bond acceptors (Lipinski definition) is 22. The van der Waals surface area contributed by atoms with Gasteiger partial charge in [-0.2, -0.15) is 19.7 Å². The molecular weight excluding hydrogens is 1780 g/mol. The molecule has 0 spiro atoms. The van der Waals surface area contributed by atoms with Crippen LogP contribution in [0.25, 0.3) is 22.5 Å². The van der Waals surface area contributed by atoms with Crippen molar-refractivity contribution in [3.63, 3.8) is 0 Å². The number of likely N-dealkylation sites (N-methyl/N-ethyl adjacent to an activating group) is 2. The molecule has 38 heteroatoms. The number of carbonyl (C=O) groups is 5. The van der Waals surface area contributed by atoms with E-state index in [1.165, 1.54) is 105 Å². The van der Waals surface area contributed by atoms with Crippen molar-refractivity contribution >= 4 is 76.9 Å². The zero-order valence-corrected chi connectivity index (χ0v) is 70.2. The Morgan fingerprint density at radius 2 is 1.01 bits per heavy atom. The number of rotatable bonds is 26. The highest BCUT2D eigenvalue weighted by Gasteiger charge is 2.46. The van der Waals surface area contributed by atoms with Gasteiger partial charge in [-0.25, -0.2) is 56.7 Å². The molecule has 600 valence electrons. The number of amides is 3. The van der Waals surface area contributed by atoms with Gasteiger partial charge in [-0.15, -0.1) is 44.4 Å². The molecule has 0 aliphatic heterocycles. The summed E-state index contributed by atoms with van der Waals surface area (Å²) < 4.78 is 92.6. The molecule has 4 N–H and O–H groups in total. The largest absolute Gasteiger partial charge is 1.00 e. The van der Waals surface area contributed by atoms with E-state index in [2.05, 4.69) is 32.3 Å². The molecule has 6 atom stereocenters. The number of ether oxygens (including phenoxy) is 5. The first kappa shape index (κ1) is 93.7. The molecule has 6 heterocycles. The second kappa shape index (κ2) is 41.7. The summed E-state index contributed by atoms with van der Waals surface area (Å²) in [5.74, 6) is -5.59. The maximum Gasteiger partial charge on any atom is 0.418 e. The van der Waals surface area contributed by atoms with E-state index in [9.17, 15) is 43.0 Å². The third kappa shape index (κ3) is 24.1. The summed E-state index contributed by atoms with van der Waals surface area (Å²) in [4.78, 5) is 84.5. The van der Waals surface area contributed by atoms with Crippen molar-refractivity contribution in [3.8, 4) is 34.7 Å². The van der Waals surface area contributed by atoms with Gasteiger partial charge in [0, 0.05) is 114 Å². The van der Waals surface area contributed by atoms with E-state index < -0.39 is 94.6 Å². The Morgan fingerprint density at radius 3 is 1.39 bits per heavy atom. The Kier molecular flexibility index (Phi) is 34.6. The molecule has 0 radical (unpaired) electrons. The van der Waals surface area contributed by atoms with Gasteiger partial charge in [0.25, 0.3) is 12.7 Å². The Morgan fingerprint density at radius 1 is 0.611 bits per heavy atom. The van der Waals surface area contributed by atoms with Crippen LogP contribution in [-0.2, 0) is 70.8 Å². The number of nitrogens with zero attached hydrogens (tertiary/aromatic N) is 15. The summed E-state index contributed by atoms with van der Waals surface area (Å²) in [6, 6.07) is 30.1. The van der Waals surface area contributed by atoms with Crippen molar-refractivity contribution < 1.29 is 150 Å². The molecule has 6 aromatic heterocycles. The number of anilines is 2. The summed E-state index contributed by atoms with van der Waals surface area (Å²) in [5, 5.41) is 57.6. The van der Waals surface area contributed by atoms with E-state index in [0.29, 0.717) is 43.7 Å². The Bertz CT molecular complexity index is 5000. The van der Waals surface area contributed by atoms with Gasteiger partial charge in [0.1, 0.15) is 84.6 Å². The normalized spacial score (nSPS) is 12.9. The summed E-state index contributed by atoms with van der Waals surface area (Å²) in [6.07, 6.45) is 4.44. The summed E-state index contributed by atoms with van der Waals surface area (Å²) in [7, 11) is 6.04. The van der Waals surface area contributed by atoms with Crippen molar-refractivity contribution in [2.24, 2.45) is 0 Å². The van der Waals surface area contributed by atoms with Crippen molar-refractivity contribution in [3.05, 3.63) is 224 Å². The maximum absolute atomic E-state index is 15.4. The van der Waals surface area contributed by atoms with Gasteiger partial charge in [-0.1, -0.05) is 50.2 Å². The number of nitrogens with two attached hydrogens (primary N) is 1. The minimum absolute atomic E-state index is 0. The molecule has 10 aromatic rings. The van der Waals surface area contributed by atoms with Crippen LogP contribution in [0.5, 0.6) is 0 Å². The topological polar surface area (TPSA) is 341 Å². The predicted molar refractivity (Wildman–Crippen MR) is 393 cm³/mol. The monoisotopic (exact) mass is 1860 g/mol. The highest BCUT2D eigenvalue weighted by molar-refractivity contribution is 7.10. The van der Waals surface area contributed by atoms with Crippen molar-refractivity contribution in [2.45, 2.75) is 116 Å². The number of halogens is 8. The van der Waals surface area contributed by atoms with Crippen molar-refractivity contribution in [2.75, 3.05) is 51.1 Å². The number of nitriles is 2. The third-order valence-corrected chi connectivity index (χ3v) is 19.2. The van der Waals surface area contributed by atoms with E-state index in [1.54, 1.807) is 144 Å². The number of benzene rings is 4. The fourth-order valence-corrected chi connectivity index (χ4v) is 12.9. The maximum atomic E-state index is 15.4. The smallest absolute Gasteiger partial charge is 0.418 e. The number of thiazole rings is 2. The van der Waals surface area contributed by atoms with Crippen LogP contribution in [0.4, 0.5) is 43.6 Å². The zero-order chi connectivity index (χ0) is 79.1. The van der Waals surface area contributed by atoms with Crippen LogP contribution in [0, 0.1) is 45.9 Å². The molecule has 10 rings (SSSR count). The molecule has 3 amide bonds. The van der Waals surface area contributed by atoms with Gasteiger partial charge in [-0.05, 0) is 93.6 Å². The highest BCUT2D eigenvalue weighted by atomic mass is 127. The van der Waals surface area contributed by atoms with E-state index >= 15 is 8.78 Å². The van der Waals surface area contributed by atoms with E-state index in [-0.39, 0.29) is 135 Å². The quantitative estimate of drug-likeness (QED) is 0.0226. The van der Waals surface area contributed by atoms with Gasteiger partial charge in [-0.3, -0.25) is 14.6 Å². The molecule has 4 aromatic carbocycles. The second-order valence-electron chi connectivity index (χ2n) is 26.2. The number of aromatic nitrogens is 10. The van der Waals surface area contributed by atoms with Crippen LogP contribution < -0.4 is 84.6 Å². The fourth-order valence-electron chi connectivity index (χ4n) is 11.0. The molecule has 28 nitrogen and oxygen atoms in total. The van der Waals surface area contributed by atoms with Crippen LogP contribution >= 0.6 is 35.1 Å². The summed E-state index contributed by atoms with van der Waals surface area (Å²) in [5.41, 5.74) is -0.910. The molecule has 0 aliphatic carbocycles. The Balaban J connectivity index is 0.000000393. The van der Waals surface area contributed by atoms with E-state index in [0.717, 1.165) is 57.3 Å². The lowest BCUT2D eigenvalue weighted by atomic mass is 9.82. The second-order valence-corrected chi connectivity index (χ2v) is 27.9. The van der Waals surface area contributed by atoms with Gasteiger partial charge >= 0.3 is 30.2 Å². The molecule has 0 bridgehead atoms. The predicted octanol–water partition coefficient (Wildman–Crippen LogP) is 1.22. The number of aliphatic hydroxyl groups is 2. The Labute approximate surface area is 702 Å². The van der Waals surface area contributed by atoms with Crippen LogP contribution in [0.15, 0.2) is 158 Å². The Hall–Kier alpha value is -9.91.